The van der Waals surface area contributed by atoms with Crippen molar-refractivity contribution in [2.45, 2.75) is 18.6 Å². The Morgan fingerprint density at radius 2 is 2.12 bits per heavy atom. The summed E-state index contributed by atoms with van der Waals surface area (Å²) in [6.07, 6.45) is -2.46. The molecule has 0 fully saturated rings. The van der Waals surface area contributed by atoms with Crippen LogP contribution in [0.5, 0.6) is 0 Å². The number of rotatable bonds is 5. The van der Waals surface area contributed by atoms with Crippen LogP contribution in [-0.4, -0.2) is 26.6 Å². The fraction of sp³-hybridized carbons (Fsp3) is 0.400. The van der Waals surface area contributed by atoms with Gasteiger partial charge in [0.15, 0.2) is 0 Å². The highest BCUT2D eigenvalue weighted by Crippen LogP contribution is 2.29. The van der Waals surface area contributed by atoms with E-state index in [0.717, 1.165) is 18.2 Å². The summed E-state index contributed by atoms with van der Waals surface area (Å²) < 4.78 is 13.0. The van der Waals surface area contributed by atoms with Crippen LogP contribution in [0.4, 0.5) is 10.1 Å². The van der Waals surface area contributed by atoms with E-state index in [1.54, 1.807) is 0 Å². The van der Waals surface area contributed by atoms with Gasteiger partial charge >= 0.3 is 0 Å². The smallest absolute Gasteiger partial charge is 0.275 e. The minimum atomic E-state index is -1.48. The largest absolute Gasteiger partial charge is 0.390 e. The first-order valence-corrected chi connectivity index (χ1v) is 5.95. The average molecular weight is 308 g/mol. The minimum absolute atomic E-state index is 0.203. The molecule has 2 N–H and O–H groups in total. The van der Waals surface area contributed by atoms with Crippen LogP contribution < -0.4 is 0 Å². The first-order valence-electron chi connectivity index (χ1n) is 4.83. The number of benzene rings is 1. The van der Waals surface area contributed by atoms with Crippen LogP contribution in [0.15, 0.2) is 18.2 Å². The summed E-state index contributed by atoms with van der Waals surface area (Å²) in [5, 5.41) is 30.4. The Balaban J connectivity index is 3.10. The van der Waals surface area contributed by atoms with Crippen molar-refractivity contribution in [3.05, 3.63) is 39.7 Å². The van der Waals surface area contributed by atoms with E-state index in [0.29, 0.717) is 5.33 Å². The van der Waals surface area contributed by atoms with Crippen molar-refractivity contribution in [3.63, 3.8) is 0 Å². The van der Waals surface area contributed by atoms with E-state index < -0.39 is 28.6 Å². The highest BCUT2D eigenvalue weighted by molar-refractivity contribution is 9.09. The Morgan fingerprint density at radius 3 is 2.65 bits per heavy atom. The third-order valence-electron chi connectivity index (χ3n) is 2.27. The van der Waals surface area contributed by atoms with Gasteiger partial charge in [0.2, 0.25) is 0 Å². The van der Waals surface area contributed by atoms with Crippen LogP contribution in [0.3, 0.4) is 0 Å². The van der Waals surface area contributed by atoms with Crippen molar-refractivity contribution in [2.24, 2.45) is 0 Å². The molecule has 0 aliphatic rings. The van der Waals surface area contributed by atoms with Gasteiger partial charge in [-0.15, -0.1) is 0 Å². The minimum Gasteiger partial charge on any atom is -0.390 e. The molecular weight excluding hydrogens is 297 g/mol. The van der Waals surface area contributed by atoms with Gasteiger partial charge in [0.25, 0.3) is 5.69 Å². The van der Waals surface area contributed by atoms with Gasteiger partial charge in [-0.1, -0.05) is 15.9 Å². The molecule has 0 bridgehead atoms. The van der Waals surface area contributed by atoms with Crippen molar-refractivity contribution in [1.82, 2.24) is 0 Å². The fourth-order valence-corrected chi connectivity index (χ4v) is 1.87. The van der Waals surface area contributed by atoms with Crippen LogP contribution >= 0.6 is 15.9 Å². The summed E-state index contributed by atoms with van der Waals surface area (Å²) in [7, 11) is 0. The normalized spacial score (nSPS) is 14.4. The molecule has 0 spiro atoms. The number of nitro benzene ring substituents is 1. The summed E-state index contributed by atoms with van der Waals surface area (Å²) >= 11 is 3.07. The Hall–Kier alpha value is -1.05. The summed E-state index contributed by atoms with van der Waals surface area (Å²) in [6.45, 7) is 0. The monoisotopic (exact) mass is 307 g/mol. The third kappa shape index (κ3) is 3.45. The van der Waals surface area contributed by atoms with Gasteiger partial charge < -0.3 is 10.2 Å². The number of halogens is 2. The maximum Gasteiger partial charge on any atom is 0.275 e. The molecule has 94 valence electrons. The zero-order valence-electron chi connectivity index (χ0n) is 8.72. The highest BCUT2D eigenvalue weighted by Gasteiger charge is 2.26. The molecule has 2 unspecified atom stereocenters. The lowest BCUT2D eigenvalue weighted by Gasteiger charge is -2.17. The molecule has 1 aromatic rings. The van der Waals surface area contributed by atoms with Crippen LogP contribution in [0, 0.1) is 15.9 Å². The van der Waals surface area contributed by atoms with Gasteiger partial charge in [-0.05, 0) is 18.6 Å². The van der Waals surface area contributed by atoms with Crippen LogP contribution in [0.25, 0.3) is 0 Å². The van der Waals surface area contributed by atoms with E-state index >= 15 is 0 Å². The highest BCUT2D eigenvalue weighted by atomic mass is 79.9. The predicted molar refractivity (Wildman–Crippen MR) is 62.4 cm³/mol. The fourth-order valence-electron chi connectivity index (χ4n) is 1.41. The number of alkyl halides is 1. The SMILES string of the molecule is O=[N+]([O-])c1ccc(F)cc1C(O)C(O)CCBr. The van der Waals surface area contributed by atoms with E-state index in [2.05, 4.69) is 15.9 Å². The third-order valence-corrected chi connectivity index (χ3v) is 2.73. The van der Waals surface area contributed by atoms with E-state index in [4.69, 9.17) is 0 Å². The molecule has 0 aliphatic carbocycles. The standard InChI is InChI=1S/C10H11BrFNO4/c11-4-3-9(14)10(15)7-5-6(12)1-2-8(7)13(16)17/h1-2,5,9-10,14-15H,3-4H2. The van der Waals surface area contributed by atoms with Gasteiger partial charge in [-0.25, -0.2) is 4.39 Å². The summed E-state index contributed by atoms with van der Waals surface area (Å²) in [5.74, 6) is -0.698. The van der Waals surface area contributed by atoms with Gasteiger partial charge in [0.1, 0.15) is 11.9 Å². The topological polar surface area (TPSA) is 83.6 Å². The first-order chi connectivity index (χ1) is 7.97. The van der Waals surface area contributed by atoms with E-state index in [1.165, 1.54) is 0 Å². The lowest BCUT2D eigenvalue weighted by molar-refractivity contribution is -0.386. The van der Waals surface area contributed by atoms with Crippen molar-refractivity contribution < 1.29 is 19.5 Å². The second kappa shape index (κ2) is 6.04. The molecule has 0 saturated heterocycles. The zero-order chi connectivity index (χ0) is 13.0. The summed E-state index contributed by atoms with van der Waals surface area (Å²) in [4.78, 5) is 9.98. The molecule has 0 saturated carbocycles. The van der Waals surface area contributed by atoms with E-state index in [-0.39, 0.29) is 12.0 Å². The quantitative estimate of drug-likeness (QED) is 0.494. The van der Waals surface area contributed by atoms with Gasteiger partial charge in [-0.2, -0.15) is 0 Å². The molecule has 0 heterocycles. The number of aliphatic hydroxyl groups is 2. The second-order valence-corrected chi connectivity index (χ2v) is 4.24. The van der Waals surface area contributed by atoms with Gasteiger partial charge in [0.05, 0.1) is 16.6 Å². The van der Waals surface area contributed by atoms with E-state index in [9.17, 15) is 24.7 Å². The molecule has 0 aromatic heterocycles. The summed E-state index contributed by atoms with van der Waals surface area (Å²) in [6, 6.07) is 2.76. The van der Waals surface area contributed by atoms with Gasteiger partial charge in [-0.3, -0.25) is 10.1 Å². The molecule has 2 atom stereocenters. The Bertz CT molecular complexity index is 415. The summed E-state index contributed by atoms with van der Waals surface area (Å²) in [5.41, 5.74) is -0.629. The first kappa shape index (κ1) is 14.0. The molecule has 0 radical (unpaired) electrons. The zero-order valence-corrected chi connectivity index (χ0v) is 10.3. The molecule has 5 nitrogen and oxygen atoms in total. The molecule has 0 amide bonds. The molecule has 17 heavy (non-hydrogen) atoms. The predicted octanol–water partition coefficient (Wildman–Crippen LogP) is 1.91. The number of nitrogens with zero attached hydrogens (tertiary/aromatic N) is 1. The molecule has 0 aliphatic heterocycles. The maximum absolute atomic E-state index is 13.0. The van der Waals surface area contributed by atoms with Gasteiger partial charge in [0, 0.05) is 11.4 Å². The second-order valence-electron chi connectivity index (χ2n) is 3.45. The Morgan fingerprint density at radius 1 is 1.47 bits per heavy atom. The van der Waals surface area contributed by atoms with Crippen LogP contribution in [0.1, 0.15) is 18.1 Å². The lowest BCUT2D eigenvalue weighted by atomic mass is 10.0. The average Bonchev–Trinajstić information content (AvgIpc) is 2.27. The van der Waals surface area contributed by atoms with Crippen LogP contribution in [0.2, 0.25) is 0 Å². The number of nitro groups is 1. The lowest BCUT2D eigenvalue weighted by Crippen LogP contribution is -2.19. The van der Waals surface area contributed by atoms with Crippen molar-refractivity contribution in [3.8, 4) is 0 Å². The number of aliphatic hydroxyl groups excluding tert-OH is 2. The maximum atomic E-state index is 13.0. The number of hydrogen-bond acceptors (Lipinski definition) is 4. The van der Waals surface area contributed by atoms with Crippen LogP contribution in [-0.2, 0) is 0 Å². The van der Waals surface area contributed by atoms with Crippen molar-refractivity contribution >= 4 is 21.6 Å². The molecule has 7 heteroatoms. The van der Waals surface area contributed by atoms with E-state index in [1.807, 2.05) is 0 Å². The Labute approximate surface area is 105 Å². The number of hydrogen-bond donors (Lipinski definition) is 2. The molecular formula is C10H11BrFNO4. The van der Waals surface area contributed by atoms with Crippen molar-refractivity contribution in [2.75, 3.05) is 5.33 Å². The molecule has 1 rings (SSSR count). The Kier molecular flexibility index (Phi) is 4.98. The van der Waals surface area contributed by atoms with Crippen molar-refractivity contribution in [1.29, 1.82) is 0 Å². The molecule has 1 aromatic carbocycles.